The molecule has 0 atom stereocenters. The zero-order valence-corrected chi connectivity index (χ0v) is 26.4. The Morgan fingerprint density at radius 2 is 1.69 bits per heavy atom. The van der Waals surface area contributed by atoms with E-state index in [9.17, 15) is 9.59 Å². The predicted molar refractivity (Wildman–Crippen MR) is 173 cm³/mol. The fraction of sp³-hybridized carbons (Fsp3) is 0.419. The van der Waals surface area contributed by atoms with E-state index in [2.05, 4.69) is 25.1 Å². The molecule has 5 heterocycles. The van der Waals surface area contributed by atoms with Crippen molar-refractivity contribution >= 4 is 35.0 Å². The Bertz CT molecular complexity index is 1760. The van der Waals surface area contributed by atoms with Crippen LogP contribution >= 0.6 is 11.6 Å². The van der Waals surface area contributed by atoms with Gasteiger partial charge in [-0.3, -0.25) is 19.3 Å². The lowest BCUT2D eigenvalue weighted by molar-refractivity contribution is 0.0818. The van der Waals surface area contributed by atoms with Gasteiger partial charge in [0.2, 0.25) is 0 Å². The third-order valence-corrected chi connectivity index (χ3v) is 9.08. The van der Waals surface area contributed by atoms with Gasteiger partial charge in [-0.25, -0.2) is 19.6 Å². The summed E-state index contributed by atoms with van der Waals surface area (Å²) in [6, 6.07) is 6.93. The average Bonchev–Trinajstić information content (AvgIpc) is 3.28. The highest BCUT2D eigenvalue weighted by molar-refractivity contribution is 6.32. The number of carbonyl (C=O) groups is 1. The number of hydrogen-bond acceptors (Lipinski definition) is 10. The normalized spacial score (nSPS) is 16.3. The maximum Gasteiger partial charge on any atom is 0.284 e. The molecule has 1 amide bonds. The van der Waals surface area contributed by atoms with E-state index in [1.807, 2.05) is 0 Å². The summed E-state index contributed by atoms with van der Waals surface area (Å²) < 4.78 is 8.57. The summed E-state index contributed by atoms with van der Waals surface area (Å²) in [7, 11) is 3.49. The van der Waals surface area contributed by atoms with E-state index in [4.69, 9.17) is 32.0 Å². The number of anilines is 3. The van der Waals surface area contributed by atoms with Crippen LogP contribution in [0.25, 0.3) is 17.1 Å². The smallest absolute Gasteiger partial charge is 0.284 e. The van der Waals surface area contributed by atoms with Gasteiger partial charge in [-0.15, -0.1) is 0 Å². The number of nitrogens with one attached hydrogen (secondary N) is 1. The van der Waals surface area contributed by atoms with E-state index in [1.54, 1.807) is 68.6 Å². The molecule has 3 aromatic heterocycles. The second-order valence-electron chi connectivity index (χ2n) is 11.4. The van der Waals surface area contributed by atoms with Crippen LogP contribution in [0.3, 0.4) is 0 Å². The SMILES string of the molecule is COC1CCN(c2cncc(-c3cnc(N)c(N4CCC(NC(=O)c5c(C)n(C)n(-c6ccccc6Cl)c5=O)CC4)n3)n2)CC1. The van der Waals surface area contributed by atoms with Crippen LogP contribution in [0.4, 0.5) is 17.5 Å². The molecule has 13 nitrogen and oxygen atoms in total. The summed E-state index contributed by atoms with van der Waals surface area (Å²) in [5, 5.41) is 3.49. The summed E-state index contributed by atoms with van der Waals surface area (Å²) in [6.07, 6.45) is 8.52. The monoisotopic (exact) mass is 632 g/mol. The predicted octanol–water partition coefficient (Wildman–Crippen LogP) is 2.98. The number of benzene rings is 1. The molecule has 2 aliphatic rings. The molecular formula is C31H37ClN10O3. The van der Waals surface area contributed by atoms with Crippen molar-refractivity contribution in [2.24, 2.45) is 7.05 Å². The number of nitrogens with two attached hydrogens (primary N) is 1. The van der Waals surface area contributed by atoms with Gasteiger partial charge < -0.3 is 25.6 Å². The molecule has 14 heteroatoms. The molecule has 45 heavy (non-hydrogen) atoms. The number of hydrogen-bond donors (Lipinski definition) is 2. The van der Waals surface area contributed by atoms with Crippen molar-refractivity contribution in [3.8, 4) is 17.1 Å². The van der Waals surface area contributed by atoms with Crippen molar-refractivity contribution in [3.05, 3.63) is 69.5 Å². The summed E-state index contributed by atoms with van der Waals surface area (Å²) in [5.74, 6) is 1.30. The van der Waals surface area contributed by atoms with Crippen LogP contribution in [0.15, 0.2) is 47.7 Å². The van der Waals surface area contributed by atoms with Crippen molar-refractivity contribution in [2.45, 2.75) is 44.8 Å². The Labute approximate surface area is 266 Å². The number of carbonyl (C=O) groups excluding carboxylic acids is 1. The number of rotatable bonds is 7. The van der Waals surface area contributed by atoms with Gasteiger partial charge in [-0.1, -0.05) is 23.7 Å². The lowest BCUT2D eigenvalue weighted by atomic mass is 10.0. The molecule has 236 valence electrons. The van der Waals surface area contributed by atoms with Gasteiger partial charge in [0, 0.05) is 46.4 Å². The Balaban J connectivity index is 1.13. The lowest BCUT2D eigenvalue weighted by Gasteiger charge is -2.33. The number of methoxy groups -OCH3 is 1. The van der Waals surface area contributed by atoms with Crippen molar-refractivity contribution in [3.63, 3.8) is 0 Å². The molecule has 0 bridgehead atoms. The van der Waals surface area contributed by atoms with Crippen LogP contribution in [0.2, 0.25) is 5.02 Å². The topological polar surface area (TPSA) is 149 Å². The van der Waals surface area contributed by atoms with Crippen LogP contribution < -0.4 is 26.4 Å². The molecule has 0 unspecified atom stereocenters. The van der Waals surface area contributed by atoms with Gasteiger partial charge >= 0.3 is 0 Å². The van der Waals surface area contributed by atoms with Crippen molar-refractivity contribution in [1.29, 1.82) is 0 Å². The molecule has 2 saturated heterocycles. The molecule has 0 spiro atoms. The zero-order chi connectivity index (χ0) is 31.7. The first-order chi connectivity index (χ1) is 21.7. The Kier molecular flexibility index (Phi) is 8.72. The van der Waals surface area contributed by atoms with Gasteiger partial charge in [-0.05, 0) is 44.7 Å². The van der Waals surface area contributed by atoms with Crippen LogP contribution in [-0.2, 0) is 11.8 Å². The summed E-state index contributed by atoms with van der Waals surface area (Å²) in [5.41, 5.74) is 8.26. The van der Waals surface area contributed by atoms with E-state index >= 15 is 0 Å². The number of nitrogen functional groups attached to an aromatic ring is 1. The first-order valence-corrected chi connectivity index (χ1v) is 15.4. The minimum atomic E-state index is -0.412. The number of nitrogens with zero attached hydrogens (tertiary/aromatic N) is 8. The molecule has 0 aliphatic carbocycles. The number of para-hydroxylation sites is 1. The highest BCUT2D eigenvalue weighted by Gasteiger charge is 2.28. The van der Waals surface area contributed by atoms with E-state index in [0.717, 1.165) is 31.7 Å². The first-order valence-electron chi connectivity index (χ1n) is 15.1. The lowest BCUT2D eigenvalue weighted by Crippen LogP contribution is -2.46. The number of amides is 1. The summed E-state index contributed by atoms with van der Waals surface area (Å²) in [4.78, 5) is 49.5. The van der Waals surface area contributed by atoms with E-state index in [-0.39, 0.29) is 17.7 Å². The van der Waals surface area contributed by atoms with Crippen LogP contribution in [0.5, 0.6) is 0 Å². The standard InChI is InChI=1S/C31H37ClN10O3/c1-19-27(31(44)42(39(19)2)25-7-5-4-6-22(25)32)30(43)36-20-8-12-41(13-9-20)29-28(33)35-17-24(38-29)23-16-34-18-26(37-23)40-14-10-21(45-3)11-15-40/h4-7,16-18,20-21H,8-15H2,1-3H3,(H2,33,35)(H,36,43). The fourth-order valence-corrected chi connectivity index (χ4v) is 6.27. The molecule has 4 aromatic rings. The first kappa shape index (κ1) is 30.5. The van der Waals surface area contributed by atoms with Crippen LogP contribution in [0, 0.1) is 6.92 Å². The maximum absolute atomic E-state index is 13.4. The van der Waals surface area contributed by atoms with E-state index < -0.39 is 11.5 Å². The average molecular weight is 633 g/mol. The fourth-order valence-electron chi connectivity index (χ4n) is 6.05. The molecule has 2 aliphatic heterocycles. The van der Waals surface area contributed by atoms with Gasteiger partial charge in [0.25, 0.3) is 11.5 Å². The molecule has 2 fully saturated rings. The molecule has 6 rings (SSSR count). The molecule has 3 N–H and O–H groups in total. The minimum Gasteiger partial charge on any atom is -0.381 e. The molecule has 0 radical (unpaired) electrons. The van der Waals surface area contributed by atoms with Gasteiger partial charge in [0.1, 0.15) is 22.8 Å². The van der Waals surface area contributed by atoms with Crippen molar-refractivity contribution < 1.29 is 9.53 Å². The highest BCUT2D eigenvalue weighted by Crippen LogP contribution is 2.27. The molecule has 1 aromatic carbocycles. The van der Waals surface area contributed by atoms with Crippen molar-refractivity contribution in [2.75, 3.05) is 48.8 Å². The van der Waals surface area contributed by atoms with Gasteiger partial charge in [0.15, 0.2) is 11.6 Å². The number of aromatic nitrogens is 6. The third kappa shape index (κ3) is 6.09. The second-order valence-corrected chi connectivity index (χ2v) is 11.8. The number of piperidine rings is 2. The maximum atomic E-state index is 13.4. The minimum absolute atomic E-state index is 0.106. The van der Waals surface area contributed by atoms with Crippen LogP contribution in [-0.4, -0.2) is 80.6 Å². The quantitative estimate of drug-likeness (QED) is 0.311. The van der Waals surface area contributed by atoms with Crippen LogP contribution in [0.1, 0.15) is 41.7 Å². The van der Waals surface area contributed by atoms with E-state index in [0.29, 0.717) is 65.4 Å². The summed E-state index contributed by atoms with van der Waals surface area (Å²) in [6.45, 7) is 4.66. The Hall–Kier alpha value is -4.49. The number of halogens is 1. The highest BCUT2D eigenvalue weighted by atomic mass is 35.5. The molecule has 0 saturated carbocycles. The zero-order valence-electron chi connectivity index (χ0n) is 25.6. The van der Waals surface area contributed by atoms with E-state index in [1.165, 1.54) is 4.68 Å². The van der Waals surface area contributed by atoms with Crippen molar-refractivity contribution in [1.82, 2.24) is 34.6 Å². The molecular weight excluding hydrogens is 596 g/mol. The Morgan fingerprint density at radius 3 is 2.40 bits per heavy atom. The number of ether oxygens (including phenoxy) is 1. The summed E-state index contributed by atoms with van der Waals surface area (Å²) >= 11 is 6.36. The van der Waals surface area contributed by atoms with Gasteiger partial charge in [0.05, 0.1) is 41.1 Å². The largest absolute Gasteiger partial charge is 0.381 e. The van der Waals surface area contributed by atoms with Gasteiger partial charge in [-0.2, -0.15) is 0 Å². The third-order valence-electron chi connectivity index (χ3n) is 8.76. The second kappa shape index (κ2) is 12.9. The Morgan fingerprint density at radius 1 is 1.00 bits per heavy atom.